The molecule has 0 aromatic carbocycles. The lowest BCUT2D eigenvalue weighted by Gasteiger charge is -2.15. The van der Waals surface area contributed by atoms with Gasteiger partial charge in [-0.05, 0) is 47.3 Å². The van der Waals surface area contributed by atoms with Gasteiger partial charge in [0.1, 0.15) is 10.7 Å². The minimum atomic E-state index is 0.160. The lowest BCUT2D eigenvalue weighted by atomic mass is 9.99. The van der Waals surface area contributed by atoms with Gasteiger partial charge in [0.15, 0.2) is 0 Å². The second-order valence-corrected chi connectivity index (χ2v) is 6.05. The number of rotatable bonds is 1. The van der Waals surface area contributed by atoms with Crippen LogP contribution in [0.4, 0.5) is 0 Å². The zero-order valence-electron chi connectivity index (χ0n) is 9.19. The van der Waals surface area contributed by atoms with E-state index >= 15 is 0 Å². The summed E-state index contributed by atoms with van der Waals surface area (Å²) in [4.78, 5) is 10.3. The van der Waals surface area contributed by atoms with Crippen molar-refractivity contribution in [1.82, 2.24) is 9.97 Å². The Morgan fingerprint density at radius 1 is 1.47 bits per heavy atom. The molecular weight excluding hydrogens is 298 g/mol. The highest BCUT2D eigenvalue weighted by molar-refractivity contribution is 9.10. The highest BCUT2D eigenvalue weighted by atomic mass is 79.9. The number of aromatic nitrogens is 2. The van der Waals surface area contributed by atoms with E-state index in [1.165, 1.54) is 10.6 Å². The zero-order chi connectivity index (χ0) is 11.8. The third kappa shape index (κ3) is 2.03. The van der Waals surface area contributed by atoms with Gasteiger partial charge in [0.2, 0.25) is 0 Å². The molecule has 0 saturated carbocycles. The van der Waals surface area contributed by atoms with Gasteiger partial charge in [-0.3, -0.25) is 4.98 Å². The first-order chi connectivity index (χ1) is 8.25. The second kappa shape index (κ2) is 4.48. The van der Waals surface area contributed by atoms with Gasteiger partial charge >= 0.3 is 0 Å². The van der Waals surface area contributed by atoms with Crippen molar-refractivity contribution >= 4 is 27.3 Å². The van der Waals surface area contributed by atoms with Crippen LogP contribution in [0.25, 0.3) is 10.7 Å². The molecule has 0 saturated heterocycles. The molecule has 2 N–H and O–H groups in total. The first kappa shape index (κ1) is 11.3. The molecule has 0 aliphatic heterocycles. The minimum absolute atomic E-state index is 0.160. The van der Waals surface area contributed by atoms with Crippen LogP contribution in [0, 0.1) is 0 Å². The Labute approximate surface area is 112 Å². The molecule has 2 aromatic rings. The Morgan fingerprint density at radius 3 is 3.12 bits per heavy atom. The molecule has 2 heterocycles. The van der Waals surface area contributed by atoms with Crippen LogP contribution in [-0.2, 0) is 6.42 Å². The van der Waals surface area contributed by atoms with E-state index in [1.807, 2.05) is 12.1 Å². The number of halogens is 1. The van der Waals surface area contributed by atoms with Crippen molar-refractivity contribution in [3.05, 3.63) is 33.4 Å². The van der Waals surface area contributed by atoms with Crippen molar-refractivity contribution in [3.8, 4) is 10.7 Å². The summed E-state index contributed by atoms with van der Waals surface area (Å²) in [6.45, 7) is 0. The molecule has 0 fully saturated rings. The molecule has 17 heavy (non-hydrogen) atoms. The summed E-state index contributed by atoms with van der Waals surface area (Å²) >= 11 is 5.20. The van der Waals surface area contributed by atoms with Crippen molar-refractivity contribution in [2.75, 3.05) is 0 Å². The summed E-state index contributed by atoms with van der Waals surface area (Å²) in [7, 11) is 0. The maximum Gasteiger partial charge on any atom is 0.143 e. The molecule has 3 rings (SSSR count). The van der Waals surface area contributed by atoms with Crippen molar-refractivity contribution in [1.29, 1.82) is 0 Å². The van der Waals surface area contributed by atoms with Gasteiger partial charge in [0.25, 0.3) is 0 Å². The van der Waals surface area contributed by atoms with Gasteiger partial charge in [-0.15, -0.1) is 11.3 Å². The third-order valence-corrected chi connectivity index (χ3v) is 4.83. The van der Waals surface area contributed by atoms with Crippen LogP contribution in [0.5, 0.6) is 0 Å². The van der Waals surface area contributed by atoms with E-state index in [1.54, 1.807) is 17.5 Å². The van der Waals surface area contributed by atoms with E-state index in [0.29, 0.717) is 0 Å². The molecule has 2 aromatic heterocycles. The molecule has 3 nitrogen and oxygen atoms in total. The Kier molecular flexibility index (Phi) is 2.98. The van der Waals surface area contributed by atoms with Crippen LogP contribution in [-0.4, -0.2) is 9.97 Å². The largest absolute Gasteiger partial charge is 0.323 e. The summed E-state index contributed by atoms with van der Waals surface area (Å²) in [5.74, 6) is 0. The predicted octanol–water partition coefficient (Wildman–Crippen LogP) is 3.30. The standard InChI is InChI=1S/C12H12BrN3S/c13-7-3-2-6-15-10(7)12-16-9-5-1-4-8(14)11(9)17-12/h2-3,6,8H,1,4-5,14H2. The normalized spacial score (nSPS) is 19.1. The van der Waals surface area contributed by atoms with Crippen molar-refractivity contribution in [2.45, 2.75) is 25.3 Å². The van der Waals surface area contributed by atoms with Gasteiger partial charge in [-0.1, -0.05) is 0 Å². The molecule has 1 aliphatic rings. The fourth-order valence-corrected chi connectivity index (χ4v) is 3.83. The number of nitrogens with two attached hydrogens (primary N) is 1. The Balaban J connectivity index is 2.08. The number of fused-ring (bicyclic) bond motifs is 1. The van der Waals surface area contributed by atoms with E-state index in [2.05, 4.69) is 25.9 Å². The third-order valence-electron chi connectivity index (χ3n) is 2.95. The Bertz CT molecular complexity index is 552. The Hall–Kier alpha value is -0.780. The molecule has 1 unspecified atom stereocenters. The van der Waals surface area contributed by atoms with Crippen LogP contribution in [0.2, 0.25) is 0 Å². The van der Waals surface area contributed by atoms with Crippen molar-refractivity contribution in [3.63, 3.8) is 0 Å². The van der Waals surface area contributed by atoms with Crippen molar-refractivity contribution in [2.24, 2.45) is 5.73 Å². The molecule has 1 atom stereocenters. The molecule has 5 heteroatoms. The summed E-state index contributed by atoms with van der Waals surface area (Å²) in [5.41, 5.74) is 8.20. The Morgan fingerprint density at radius 2 is 2.35 bits per heavy atom. The van der Waals surface area contributed by atoms with Gasteiger partial charge in [-0.25, -0.2) is 4.98 Å². The number of thiazole rings is 1. The fraction of sp³-hybridized carbons (Fsp3) is 0.333. The molecular formula is C12H12BrN3S. The topological polar surface area (TPSA) is 51.8 Å². The van der Waals surface area contributed by atoms with Crippen LogP contribution in [0.15, 0.2) is 22.8 Å². The zero-order valence-corrected chi connectivity index (χ0v) is 11.6. The minimum Gasteiger partial charge on any atom is -0.323 e. The van der Waals surface area contributed by atoms with Crippen LogP contribution < -0.4 is 5.73 Å². The van der Waals surface area contributed by atoms with E-state index < -0.39 is 0 Å². The summed E-state index contributed by atoms with van der Waals surface area (Å²) < 4.78 is 0.986. The second-order valence-electron chi connectivity index (χ2n) is 4.16. The monoisotopic (exact) mass is 309 g/mol. The number of nitrogens with zero attached hydrogens (tertiary/aromatic N) is 2. The molecule has 88 valence electrons. The van der Waals surface area contributed by atoms with Crippen LogP contribution >= 0.6 is 27.3 Å². The quantitative estimate of drug-likeness (QED) is 0.879. The maximum atomic E-state index is 6.11. The van der Waals surface area contributed by atoms with Crippen LogP contribution in [0.1, 0.15) is 29.5 Å². The van der Waals surface area contributed by atoms with Gasteiger partial charge in [0, 0.05) is 21.6 Å². The molecule has 0 amide bonds. The lowest BCUT2D eigenvalue weighted by Crippen LogP contribution is -2.15. The number of hydrogen-bond donors (Lipinski definition) is 1. The summed E-state index contributed by atoms with van der Waals surface area (Å²) in [6, 6.07) is 4.06. The van der Waals surface area contributed by atoms with E-state index in [9.17, 15) is 0 Å². The van der Waals surface area contributed by atoms with Gasteiger partial charge in [0.05, 0.1) is 5.69 Å². The average Bonchev–Trinajstić information content (AvgIpc) is 2.75. The number of aryl methyl sites for hydroxylation is 1. The fourth-order valence-electron chi connectivity index (χ4n) is 2.10. The highest BCUT2D eigenvalue weighted by Crippen LogP contribution is 2.37. The SMILES string of the molecule is NC1CCCc2nc(-c3ncccc3Br)sc21. The maximum absolute atomic E-state index is 6.11. The molecule has 0 bridgehead atoms. The highest BCUT2D eigenvalue weighted by Gasteiger charge is 2.23. The molecule has 0 spiro atoms. The van der Waals surface area contributed by atoms with E-state index in [-0.39, 0.29) is 6.04 Å². The van der Waals surface area contributed by atoms with E-state index in [0.717, 1.165) is 34.4 Å². The number of hydrogen-bond acceptors (Lipinski definition) is 4. The summed E-state index contributed by atoms with van der Waals surface area (Å²) in [5, 5.41) is 0.972. The molecule has 1 aliphatic carbocycles. The summed E-state index contributed by atoms with van der Waals surface area (Å²) in [6.07, 6.45) is 5.04. The first-order valence-electron chi connectivity index (χ1n) is 5.62. The van der Waals surface area contributed by atoms with Crippen LogP contribution in [0.3, 0.4) is 0 Å². The first-order valence-corrected chi connectivity index (χ1v) is 7.22. The predicted molar refractivity (Wildman–Crippen MR) is 72.9 cm³/mol. The molecule has 0 radical (unpaired) electrons. The average molecular weight is 310 g/mol. The lowest BCUT2D eigenvalue weighted by molar-refractivity contribution is 0.573. The number of pyridine rings is 1. The van der Waals surface area contributed by atoms with E-state index in [4.69, 9.17) is 5.73 Å². The van der Waals surface area contributed by atoms with Gasteiger partial charge in [-0.2, -0.15) is 0 Å². The smallest absolute Gasteiger partial charge is 0.143 e. The van der Waals surface area contributed by atoms with Crippen molar-refractivity contribution < 1.29 is 0 Å². The van der Waals surface area contributed by atoms with Gasteiger partial charge < -0.3 is 5.73 Å².